The molecule has 0 aliphatic rings. The number of benzene rings is 1. The Balaban J connectivity index is 0.00000576. The van der Waals surface area contributed by atoms with Gasteiger partial charge in [-0.05, 0) is 29.5 Å². The summed E-state index contributed by atoms with van der Waals surface area (Å²) in [6.45, 7) is 7.02. The van der Waals surface area contributed by atoms with Gasteiger partial charge in [-0.3, -0.25) is 4.79 Å². The number of nitrogens with two attached hydrogens (primary N) is 1. The van der Waals surface area contributed by atoms with Crippen LogP contribution in [0, 0.1) is 0 Å². The molecule has 0 radical (unpaired) electrons. The van der Waals surface area contributed by atoms with E-state index in [2.05, 4.69) is 32.2 Å². The maximum atomic E-state index is 11.8. The van der Waals surface area contributed by atoms with Gasteiger partial charge in [0, 0.05) is 6.26 Å². The lowest BCUT2D eigenvalue weighted by molar-refractivity contribution is -0.122. The van der Waals surface area contributed by atoms with Crippen molar-refractivity contribution in [2.45, 2.75) is 38.6 Å². The Morgan fingerprint density at radius 2 is 1.96 bits per heavy atom. The fraction of sp³-hybridized carbons (Fsp3) is 0.588. The molecule has 0 aliphatic heterocycles. The summed E-state index contributed by atoms with van der Waals surface area (Å²) in [5.41, 5.74) is 6.88. The number of hydrogen-bond donors (Lipinski definition) is 2. The van der Waals surface area contributed by atoms with Crippen LogP contribution in [-0.4, -0.2) is 45.5 Å². The van der Waals surface area contributed by atoms with E-state index in [1.807, 2.05) is 18.2 Å². The molecule has 0 fully saturated rings. The fourth-order valence-electron chi connectivity index (χ4n) is 2.00. The van der Waals surface area contributed by atoms with Gasteiger partial charge in [0.25, 0.3) is 0 Å². The van der Waals surface area contributed by atoms with E-state index >= 15 is 0 Å². The molecule has 0 aromatic heterocycles. The van der Waals surface area contributed by atoms with Gasteiger partial charge in [-0.15, -0.1) is 12.4 Å². The molecule has 0 saturated heterocycles. The van der Waals surface area contributed by atoms with Crippen LogP contribution in [-0.2, 0) is 20.0 Å². The molecular weight excluding hydrogens is 364 g/mol. The lowest BCUT2D eigenvalue weighted by Gasteiger charge is -2.20. The SMILES string of the molecule is CC(C)(C)c1cccc(OCCNC(=O)C(N)CCS(C)(=O)=O)c1.Cl. The number of halogens is 1. The van der Waals surface area contributed by atoms with Crippen LogP contribution in [0.3, 0.4) is 0 Å². The predicted octanol–water partition coefficient (Wildman–Crippen LogP) is 1.66. The molecule has 1 rings (SSSR count). The lowest BCUT2D eigenvalue weighted by Crippen LogP contribution is -2.42. The van der Waals surface area contributed by atoms with Gasteiger partial charge >= 0.3 is 0 Å². The van der Waals surface area contributed by atoms with Crippen molar-refractivity contribution in [2.24, 2.45) is 5.73 Å². The number of rotatable bonds is 8. The van der Waals surface area contributed by atoms with Gasteiger partial charge < -0.3 is 15.8 Å². The van der Waals surface area contributed by atoms with Crippen LogP contribution in [0.5, 0.6) is 5.75 Å². The van der Waals surface area contributed by atoms with Gasteiger partial charge in [0.15, 0.2) is 0 Å². The van der Waals surface area contributed by atoms with E-state index in [1.165, 1.54) is 5.56 Å². The quantitative estimate of drug-likeness (QED) is 0.655. The molecule has 25 heavy (non-hydrogen) atoms. The van der Waals surface area contributed by atoms with Crippen LogP contribution in [0.25, 0.3) is 0 Å². The molecule has 1 unspecified atom stereocenters. The summed E-state index contributed by atoms with van der Waals surface area (Å²) in [6.07, 6.45) is 1.23. The first-order chi connectivity index (χ1) is 11.0. The van der Waals surface area contributed by atoms with Gasteiger partial charge in [0.05, 0.1) is 18.3 Å². The molecule has 8 heteroatoms. The highest BCUT2D eigenvalue weighted by Gasteiger charge is 2.16. The Bertz CT molecular complexity index is 657. The third-order valence-corrected chi connectivity index (χ3v) is 4.48. The van der Waals surface area contributed by atoms with E-state index in [0.29, 0.717) is 13.2 Å². The molecule has 3 N–H and O–H groups in total. The molecule has 6 nitrogen and oxygen atoms in total. The first kappa shape index (κ1) is 23.7. The second-order valence-electron chi connectivity index (χ2n) is 6.94. The van der Waals surface area contributed by atoms with E-state index in [-0.39, 0.29) is 35.9 Å². The molecule has 0 heterocycles. The van der Waals surface area contributed by atoms with E-state index < -0.39 is 15.9 Å². The second kappa shape index (κ2) is 9.99. The number of sulfone groups is 1. The van der Waals surface area contributed by atoms with Crippen molar-refractivity contribution in [1.82, 2.24) is 5.32 Å². The van der Waals surface area contributed by atoms with Crippen LogP contribution in [0.2, 0.25) is 0 Å². The first-order valence-corrected chi connectivity index (χ1v) is 9.99. The molecule has 1 aromatic carbocycles. The third-order valence-electron chi connectivity index (χ3n) is 3.51. The Morgan fingerprint density at radius 3 is 2.52 bits per heavy atom. The molecule has 0 aliphatic carbocycles. The van der Waals surface area contributed by atoms with Crippen molar-refractivity contribution >= 4 is 28.2 Å². The average molecular weight is 393 g/mol. The summed E-state index contributed by atoms with van der Waals surface area (Å²) in [4.78, 5) is 11.8. The van der Waals surface area contributed by atoms with E-state index in [4.69, 9.17) is 10.5 Å². The van der Waals surface area contributed by atoms with Crippen LogP contribution < -0.4 is 15.8 Å². The van der Waals surface area contributed by atoms with Gasteiger partial charge in [-0.25, -0.2) is 8.42 Å². The summed E-state index contributed by atoms with van der Waals surface area (Å²) >= 11 is 0. The van der Waals surface area contributed by atoms with E-state index in [0.717, 1.165) is 12.0 Å². The highest BCUT2D eigenvalue weighted by molar-refractivity contribution is 7.90. The van der Waals surface area contributed by atoms with Crippen molar-refractivity contribution in [1.29, 1.82) is 0 Å². The summed E-state index contributed by atoms with van der Waals surface area (Å²) in [7, 11) is -3.11. The number of ether oxygens (including phenoxy) is 1. The molecule has 1 aromatic rings. The maximum absolute atomic E-state index is 11.8. The Labute approximate surface area is 156 Å². The minimum Gasteiger partial charge on any atom is -0.492 e. The number of nitrogens with one attached hydrogen (secondary N) is 1. The van der Waals surface area contributed by atoms with Crippen LogP contribution in [0.15, 0.2) is 24.3 Å². The molecule has 1 atom stereocenters. The van der Waals surface area contributed by atoms with Gasteiger partial charge in [0.1, 0.15) is 22.2 Å². The number of hydrogen-bond acceptors (Lipinski definition) is 5. The highest BCUT2D eigenvalue weighted by atomic mass is 35.5. The summed E-state index contributed by atoms with van der Waals surface area (Å²) in [6, 6.07) is 7.02. The van der Waals surface area contributed by atoms with Crippen molar-refractivity contribution in [3.63, 3.8) is 0 Å². The Morgan fingerprint density at radius 1 is 1.32 bits per heavy atom. The van der Waals surface area contributed by atoms with Gasteiger partial charge in [0.2, 0.25) is 5.91 Å². The van der Waals surface area contributed by atoms with E-state index in [9.17, 15) is 13.2 Å². The minimum atomic E-state index is -3.11. The largest absolute Gasteiger partial charge is 0.492 e. The van der Waals surface area contributed by atoms with Gasteiger partial charge in [-0.2, -0.15) is 0 Å². The smallest absolute Gasteiger partial charge is 0.237 e. The normalized spacial score (nSPS) is 12.8. The number of carbonyl (C=O) groups is 1. The standard InChI is InChI=1S/C17H28N2O4S.ClH/c1-17(2,3)13-6-5-7-14(12-13)23-10-9-19-16(20)15(18)8-11-24(4,21)22;/h5-7,12,15H,8-11,18H2,1-4H3,(H,19,20);1H. The predicted molar refractivity (Wildman–Crippen MR) is 103 cm³/mol. The van der Waals surface area contributed by atoms with E-state index in [1.54, 1.807) is 0 Å². The number of carbonyl (C=O) groups excluding carboxylic acids is 1. The molecule has 144 valence electrons. The molecule has 1 amide bonds. The van der Waals surface area contributed by atoms with Crippen molar-refractivity contribution in [3.8, 4) is 5.75 Å². The summed E-state index contributed by atoms with van der Waals surface area (Å²) < 4.78 is 27.8. The van der Waals surface area contributed by atoms with Crippen LogP contribution >= 0.6 is 12.4 Å². The maximum Gasteiger partial charge on any atom is 0.237 e. The second-order valence-corrected chi connectivity index (χ2v) is 9.20. The van der Waals surface area contributed by atoms with Crippen LogP contribution in [0.1, 0.15) is 32.8 Å². The van der Waals surface area contributed by atoms with Gasteiger partial charge in [-0.1, -0.05) is 32.9 Å². The zero-order valence-electron chi connectivity index (χ0n) is 15.2. The van der Waals surface area contributed by atoms with Crippen molar-refractivity contribution in [3.05, 3.63) is 29.8 Å². The molecule has 0 saturated carbocycles. The van der Waals surface area contributed by atoms with Crippen molar-refractivity contribution < 1.29 is 17.9 Å². The first-order valence-electron chi connectivity index (χ1n) is 7.93. The summed E-state index contributed by atoms with van der Waals surface area (Å²) in [5.74, 6) is 0.279. The topological polar surface area (TPSA) is 98.5 Å². The summed E-state index contributed by atoms with van der Waals surface area (Å²) in [5, 5.41) is 2.65. The Hall–Kier alpha value is -1.31. The zero-order chi connectivity index (χ0) is 18.4. The monoisotopic (exact) mass is 392 g/mol. The number of amides is 1. The lowest BCUT2D eigenvalue weighted by atomic mass is 9.87. The fourth-order valence-corrected chi connectivity index (χ4v) is 2.68. The Kier molecular flexibility index (Phi) is 9.47. The average Bonchev–Trinajstić information content (AvgIpc) is 2.47. The highest BCUT2D eigenvalue weighted by Crippen LogP contribution is 2.25. The van der Waals surface area contributed by atoms with Crippen molar-refractivity contribution in [2.75, 3.05) is 25.2 Å². The molecule has 0 spiro atoms. The van der Waals surface area contributed by atoms with Crippen LogP contribution in [0.4, 0.5) is 0 Å². The minimum absolute atomic E-state index is 0. The molecule has 0 bridgehead atoms. The third kappa shape index (κ3) is 9.67. The molecular formula is C17H29ClN2O4S. The zero-order valence-corrected chi connectivity index (χ0v) is 16.9.